The molecule has 0 aromatic carbocycles. The summed E-state index contributed by atoms with van der Waals surface area (Å²) >= 11 is 0. The van der Waals surface area contributed by atoms with Crippen molar-refractivity contribution in [1.29, 1.82) is 0 Å². The summed E-state index contributed by atoms with van der Waals surface area (Å²) in [4.78, 5) is 22.9. The molecule has 0 unspecified atom stereocenters. The number of carboxylic acids is 1. The average Bonchev–Trinajstić information content (AvgIpc) is 2.73. The lowest BCUT2D eigenvalue weighted by molar-refractivity contribution is -0.138. The smallest absolute Gasteiger partial charge is 0.325 e. The molecule has 0 fully saturated rings. The Morgan fingerprint density at radius 2 is 2.00 bits per heavy atom. The first-order chi connectivity index (χ1) is 8.90. The van der Waals surface area contributed by atoms with Gasteiger partial charge in [0.05, 0.1) is 11.7 Å². The molecule has 6 heteroatoms. The van der Waals surface area contributed by atoms with Gasteiger partial charge in [0, 0.05) is 0 Å². The van der Waals surface area contributed by atoms with Crippen molar-refractivity contribution >= 4 is 11.9 Å². The van der Waals surface area contributed by atoms with Crippen molar-refractivity contribution in [2.45, 2.75) is 52.6 Å². The number of aromatic nitrogens is 2. The zero-order valence-corrected chi connectivity index (χ0v) is 11.8. The van der Waals surface area contributed by atoms with Gasteiger partial charge in [-0.3, -0.25) is 14.3 Å². The molecule has 0 aliphatic heterocycles. The standard InChI is InChI=1S/C13H21N3O3/c1-5-10(6-2)16-11(7-8(3)15-16)12(17)14-9(4)13(18)19/h7,9-10H,5-6H2,1-4H3,(H,14,17)(H,18,19)/t9-/m1/s1. The molecular formula is C13H21N3O3. The molecule has 2 N–H and O–H groups in total. The lowest BCUT2D eigenvalue weighted by Gasteiger charge is -2.17. The van der Waals surface area contributed by atoms with Gasteiger partial charge < -0.3 is 10.4 Å². The summed E-state index contributed by atoms with van der Waals surface area (Å²) in [6.07, 6.45) is 1.73. The Kier molecular flexibility index (Phi) is 5.09. The quantitative estimate of drug-likeness (QED) is 0.822. The van der Waals surface area contributed by atoms with E-state index >= 15 is 0 Å². The van der Waals surface area contributed by atoms with Crippen molar-refractivity contribution in [2.24, 2.45) is 0 Å². The molecule has 0 aliphatic rings. The summed E-state index contributed by atoms with van der Waals surface area (Å²) in [5, 5.41) is 15.6. The van der Waals surface area contributed by atoms with Gasteiger partial charge in [-0.2, -0.15) is 5.10 Å². The zero-order valence-electron chi connectivity index (χ0n) is 11.8. The molecule has 1 heterocycles. The Labute approximate surface area is 112 Å². The van der Waals surface area contributed by atoms with E-state index in [1.165, 1.54) is 6.92 Å². The van der Waals surface area contributed by atoms with Crippen LogP contribution in [0.1, 0.15) is 55.8 Å². The van der Waals surface area contributed by atoms with Crippen molar-refractivity contribution < 1.29 is 14.7 Å². The number of nitrogens with one attached hydrogen (secondary N) is 1. The molecule has 106 valence electrons. The Morgan fingerprint density at radius 3 is 2.47 bits per heavy atom. The number of aryl methyl sites for hydroxylation is 1. The number of carboxylic acid groups (broad SMARTS) is 1. The summed E-state index contributed by atoms with van der Waals surface area (Å²) in [6.45, 7) is 7.32. The molecule has 0 bridgehead atoms. The summed E-state index contributed by atoms with van der Waals surface area (Å²) in [5.74, 6) is -1.46. The maximum Gasteiger partial charge on any atom is 0.325 e. The maximum atomic E-state index is 12.1. The number of nitrogens with zero attached hydrogens (tertiary/aromatic N) is 2. The van der Waals surface area contributed by atoms with Crippen LogP contribution in [0.4, 0.5) is 0 Å². The number of carbonyl (C=O) groups is 2. The molecule has 0 saturated heterocycles. The van der Waals surface area contributed by atoms with Crippen LogP contribution in [0.3, 0.4) is 0 Å². The van der Waals surface area contributed by atoms with Gasteiger partial charge in [0.1, 0.15) is 11.7 Å². The van der Waals surface area contributed by atoms with Crippen LogP contribution in [0.2, 0.25) is 0 Å². The molecule has 1 rings (SSSR count). The third-order valence-electron chi connectivity index (χ3n) is 3.10. The second-order valence-electron chi connectivity index (χ2n) is 4.62. The van der Waals surface area contributed by atoms with Crippen LogP contribution < -0.4 is 5.32 Å². The van der Waals surface area contributed by atoms with E-state index in [0.29, 0.717) is 5.69 Å². The van der Waals surface area contributed by atoms with Gasteiger partial charge in [-0.25, -0.2) is 0 Å². The zero-order chi connectivity index (χ0) is 14.6. The van der Waals surface area contributed by atoms with Crippen LogP contribution in [-0.4, -0.2) is 32.8 Å². The fraction of sp³-hybridized carbons (Fsp3) is 0.615. The van der Waals surface area contributed by atoms with Gasteiger partial charge in [0.2, 0.25) is 0 Å². The van der Waals surface area contributed by atoms with E-state index in [2.05, 4.69) is 10.4 Å². The highest BCUT2D eigenvalue weighted by Gasteiger charge is 2.21. The first-order valence-corrected chi connectivity index (χ1v) is 6.50. The molecule has 0 aliphatic carbocycles. The SMILES string of the molecule is CCC(CC)n1nc(C)cc1C(=O)N[C@H](C)C(=O)O. The number of carbonyl (C=O) groups excluding carboxylic acids is 1. The number of amides is 1. The maximum absolute atomic E-state index is 12.1. The Morgan fingerprint density at radius 1 is 1.42 bits per heavy atom. The molecule has 6 nitrogen and oxygen atoms in total. The third kappa shape index (κ3) is 3.56. The fourth-order valence-electron chi connectivity index (χ4n) is 1.93. The van der Waals surface area contributed by atoms with Crippen molar-refractivity contribution in [1.82, 2.24) is 15.1 Å². The Hall–Kier alpha value is -1.85. The van der Waals surface area contributed by atoms with E-state index < -0.39 is 17.9 Å². The van der Waals surface area contributed by atoms with E-state index in [4.69, 9.17) is 5.11 Å². The van der Waals surface area contributed by atoms with Crippen LogP contribution in [-0.2, 0) is 4.79 Å². The predicted octanol–water partition coefficient (Wildman–Crippen LogP) is 1.76. The van der Waals surface area contributed by atoms with Gasteiger partial charge in [-0.15, -0.1) is 0 Å². The number of hydrogen-bond donors (Lipinski definition) is 2. The van der Waals surface area contributed by atoms with Gasteiger partial charge >= 0.3 is 5.97 Å². The minimum absolute atomic E-state index is 0.148. The molecule has 0 spiro atoms. The van der Waals surface area contributed by atoms with Crippen molar-refractivity contribution in [3.05, 3.63) is 17.5 Å². The van der Waals surface area contributed by atoms with Gasteiger partial charge in [-0.1, -0.05) is 13.8 Å². The lowest BCUT2D eigenvalue weighted by atomic mass is 10.1. The number of rotatable bonds is 6. The second-order valence-corrected chi connectivity index (χ2v) is 4.62. The highest BCUT2D eigenvalue weighted by Crippen LogP contribution is 2.18. The minimum Gasteiger partial charge on any atom is -0.480 e. The Balaban J connectivity index is 2.99. The van der Waals surface area contributed by atoms with E-state index in [0.717, 1.165) is 18.5 Å². The molecule has 0 radical (unpaired) electrons. The first kappa shape index (κ1) is 15.2. The minimum atomic E-state index is -1.06. The monoisotopic (exact) mass is 267 g/mol. The predicted molar refractivity (Wildman–Crippen MR) is 71.1 cm³/mol. The number of hydrogen-bond acceptors (Lipinski definition) is 3. The first-order valence-electron chi connectivity index (χ1n) is 6.50. The van der Waals surface area contributed by atoms with Gasteiger partial charge in [-0.05, 0) is 32.8 Å². The Bertz CT molecular complexity index is 464. The van der Waals surface area contributed by atoms with E-state index in [-0.39, 0.29) is 6.04 Å². The average molecular weight is 267 g/mol. The van der Waals surface area contributed by atoms with E-state index in [1.807, 2.05) is 20.8 Å². The highest BCUT2D eigenvalue weighted by molar-refractivity contribution is 5.95. The molecule has 1 atom stereocenters. The fourth-order valence-corrected chi connectivity index (χ4v) is 1.93. The summed E-state index contributed by atoms with van der Waals surface area (Å²) in [7, 11) is 0. The molecule has 1 aromatic rings. The topological polar surface area (TPSA) is 84.2 Å². The van der Waals surface area contributed by atoms with Crippen molar-refractivity contribution in [3.8, 4) is 0 Å². The van der Waals surface area contributed by atoms with Crippen LogP contribution in [0.15, 0.2) is 6.07 Å². The molecule has 1 aromatic heterocycles. The molecule has 0 saturated carbocycles. The highest BCUT2D eigenvalue weighted by atomic mass is 16.4. The van der Waals surface area contributed by atoms with Gasteiger partial charge in [0.25, 0.3) is 5.91 Å². The molecular weight excluding hydrogens is 246 g/mol. The van der Waals surface area contributed by atoms with Crippen LogP contribution in [0.25, 0.3) is 0 Å². The second kappa shape index (κ2) is 6.36. The largest absolute Gasteiger partial charge is 0.480 e. The van der Waals surface area contributed by atoms with Crippen molar-refractivity contribution in [2.75, 3.05) is 0 Å². The van der Waals surface area contributed by atoms with Gasteiger partial charge in [0.15, 0.2) is 0 Å². The molecule has 19 heavy (non-hydrogen) atoms. The summed E-state index contributed by atoms with van der Waals surface area (Å²) in [5.41, 5.74) is 1.17. The lowest BCUT2D eigenvalue weighted by Crippen LogP contribution is -2.39. The van der Waals surface area contributed by atoms with E-state index in [1.54, 1.807) is 10.7 Å². The van der Waals surface area contributed by atoms with E-state index in [9.17, 15) is 9.59 Å². The number of aliphatic carboxylic acids is 1. The third-order valence-corrected chi connectivity index (χ3v) is 3.10. The normalized spacial score (nSPS) is 12.5. The van der Waals surface area contributed by atoms with Crippen LogP contribution >= 0.6 is 0 Å². The van der Waals surface area contributed by atoms with Crippen LogP contribution in [0.5, 0.6) is 0 Å². The van der Waals surface area contributed by atoms with Crippen LogP contribution in [0, 0.1) is 6.92 Å². The summed E-state index contributed by atoms with van der Waals surface area (Å²) in [6, 6.07) is 0.912. The molecule has 1 amide bonds. The van der Waals surface area contributed by atoms with Crippen molar-refractivity contribution in [3.63, 3.8) is 0 Å². The summed E-state index contributed by atoms with van der Waals surface area (Å²) < 4.78 is 1.69.